The van der Waals surface area contributed by atoms with Gasteiger partial charge >= 0.3 is 23.9 Å². The summed E-state index contributed by atoms with van der Waals surface area (Å²) < 4.78 is 39.9. The van der Waals surface area contributed by atoms with Crippen molar-refractivity contribution in [3.8, 4) is 0 Å². The van der Waals surface area contributed by atoms with Crippen LogP contribution in [0.1, 0.15) is 260 Å². The second-order valence-corrected chi connectivity index (χ2v) is 31.2. The molecule has 38 heteroatoms. The Hall–Kier alpha value is -9.56. The summed E-state index contributed by atoms with van der Waals surface area (Å²) in [5, 5.41) is 16.3. The number of likely N-dealkylation sites (tertiary alicyclic amines) is 4. The lowest BCUT2D eigenvalue weighted by Gasteiger charge is -2.38. The molecule has 0 aliphatic carbocycles. The normalized spacial score (nSPS) is 25.9. The number of piperidine rings is 4. The molecule has 38 nitrogen and oxygen atoms in total. The Morgan fingerprint density at radius 1 is 0.345 bits per heavy atom. The molecule has 0 aromatic carbocycles. The van der Waals surface area contributed by atoms with Crippen molar-refractivity contribution in [2.75, 3.05) is 26.1 Å². The number of amides is 14. The predicted molar refractivity (Wildman–Crippen MR) is 412 cm³/mol. The minimum Gasteiger partial charge on any atom is -0.345 e. The van der Waals surface area contributed by atoms with E-state index in [4.69, 9.17) is 26.2 Å². The smallest absolute Gasteiger partial charge is 0.345 e. The monoisotopic (exact) mass is 1650 g/mol. The third kappa shape index (κ3) is 29.6. The largest absolute Gasteiger partial charge is 0.354 e. The maximum Gasteiger partial charge on any atom is 0.354 e. The van der Waals surface area contributed by atoms with Crippen LogP contribution in [0.25, 0.3) is 0 Å². The van der Waals surface area contributed by atoms with E-state index >= 15 is 0 Å². The van der Waals surface area contributed by atoms with Crippen LogP contribution in [0, 0.1) is 11.8 Å². The van der Waals surface area contributed by atoms with Crippen molar-refractivity contribution in [1.82, 2.24) is 71.8 Å². The number of carbonyl (C=O) groups excluding carboxylic acids is 20. The van der Waals surface area contributed by atoms with E-state index < -0.39 is 174 Å². The molecule has 650 valence electrons. The van der Waals surface area contributed by atoms with Gasteiger partial charge in [0.15, 0.2) is 11.6 Å². The van der Waals surface area contributed by atoms with E-state index in [2.05, 4.69) is 69.4 Å². The fourth-order valence-electron chi connectivity index (χ4n) is 14.1. The van der Waals surface area contributed by atoms with Crippen LogP contribution in [0.3, 0.4) is 0 Å². The number of imide groups is 4. The zero-order chi connectivity index (χ0) is 91.2. The molecule has 8 heterocycles. The summed E-state index contributed by atoms with van der Waals surface area (Å²) in [6, 6.07) is -5.77. The molecule has 116 heavy (non-hydrogen) atoms. The number of carbonyl (C=O) groups is 20. The summed E-state index contributed by atoms with van der Waals surface area (Å²) in [6.07, 6.45) is 10.8. The first-order valence-electron chi connectivity index (χ1n) is 42.6. The molecular weight excluding hydrogens is 1520 g/mol. The van der Waals surface area contributed by atoms with Crippen LogP contribution >= 0.6 is 0 Å². The summed E-state index contributed by atoms with van der Waals surface area (Å²) in [5.41, 5.74) is 0. The fourth-order valence-corrected chi connectivity index (χ4v) is 14.1. The van der Waals surface area contributed by atoms with Crippen LogP contribution in [-0.4, -0.2) is 269 Å². The van der Waals surface area contributed by atoms with E-state index in [-0.39, 0.29) is 127 Å². The minimum absolute atomic E-state index is 0. The molecule has 0 aromatic heterocycles. The summed E-state index contributed by atoms with van der Waals surface area (Å²) >= 11 is 0. The van der Waals surface area contributed by atoms with Gasteiger partial charge in [-0.05, 0) is 148 Å². The van der Waals surface area contributed by atoms with Gasteiger partial charge in [-0.25, -0.2) is 19.2 Å². The van der Waals surface area contributed by atoms with Crippen LogP contribution in [0.15, 0.2) is 0 Å². The summed E-state index contributed by atoms with van der Waals surface area (Å²) in [6.45, 7) is 22.2. The topological polar surface area (TPSA) is 476 Å². The number of nitrogens with one attached hydrogen (secondary N) is 6. The molecule has 8 rings (SSSR count). The fraction of sp³-hybridized carbons (Fsp3) is 0.744. The third-order valence-corrected chi connectivity index (χ3v) is 21.5. The van der Waals surface area contributed by atoms with Crippen molar-refractivity contribution >= 4 is 118 Å². The average molecular weight is 1650 g/mol. The molecule has 14 amide bonds. The van der Waals surface area contributed by atoms with Crippen molar-refractivity contribution in [3.63, 3.8) is 0 Å². The highest BCUT2D eigenvalue weighted by molar-refractivity contribution is 6.05. The Bertz CT molecular complexity index is 3760. The molecule has 0 radical (unpaired) electrons. The number of hydroxylamine groups is 8. The van der Waals surface area contributed by atoms with Gasteiger partial charge in [-0.1, -0.05) is 39.5 Å². The highest BCUT2D eigenvalue weighted by atomic mass is 16.7. The Kier molecular flexibility index (Phi) is 35.1. The van der Waals surface area contributed by atoms with Crippen molar-refractivity contribution in [3.05, 3.63) is 0 Å². The lowest BCUT2D eigenvalue weighted by Crippen LogP contribution is -2.54. The van der Waals surface area contributed by atoms with Gasteiger partial charge in [0.25, 0.3) is 47.3 Å². The Labute approximate surface area is 685 Å². The van der Waals surface area contributed by atoms with Crippen LogP contribution in [0.4, 0.5) is 0 Å². The molecule has 0 bridgehead atoms. The number of Topliss-reactive ketones (excluding diaryl/α,β-unsaturated/α-hetero) is 2. The molecule has 16 unspecified atom stereocenters. The molecule has 16 atom stereocenters. The van der Waals surface area contributed by atoms with E-state index in [1.165, 1.54) is 53.4 Å². The third-order valence-electron chi connectivity index (χ3n) is 21.5. The van der Waals surface area contributed by atoms with Gasteiger partial charge in [0.2, 0.25) is 35.4 Å². The van der Waals surface area contributed by atoms with Gasteiger partial charge in [-0.3, -0.25) is 96.3 Å². The lowest BCUT2D eigenvalue weighted by atomic mass is 9.97. The molecule has 6 N–H and O–H groups in total. The van der Waals surface area contributed by atoms with Crippen molar-refractivity contribution in [1.29, 1.82) is 0 Å². The number of hydrogen-bond acceptors (Lipinski definition) is 28. The zero-order valence-electron chi connectivity index (χ0n) is 74.3. The first-order valence-corrected chi connectivity index (χ1v) is 40.0. The Morgan fingerprint density at radius 2 is 0.595 bits per heavy atom. The second kappa shape index (κ2) is 45.8. The molecular formula is C78H124N14O24. The number of rotatable bonds is 30. The minimum atomic E-state index is -2.28. The quantitative estimate of drug-likeness (QED) is 0.0442. The van der Waals surface area contributed by atoms with E-state index in [0.29, 0.717) is 32.3 Å². The molecule has 8 aliphatic heterocycles. The predicted octanol–water partition coefficient (Wildman–Crippen LogP) is 1.89. The van der Waals surface area contributed by atoms with Gasteiger partial charge in [-0.15, -0.1) is 20.3 Å². The summed E-state index contributed by atoms with van der Waals surface area (Å²) in [7, 11) is 0. The van der Waals surface area contributed by atoms with E-state index in [1.807, 2.05) is 32.6 Å². The molecule has 8 aliphatic rings. The van der Waals surface area contributed by atoms with Gasteiger partial charge in [0, 0.05) is 117 Å². The molecule has 8 saturated heterocycles. The van der Waals surface area contributed by atoms with Gasteiger partial charge in [-0.2, -0.15) is 0 Å². The van der Waals surface area contributed by atoms with Gasteiger partial charge in [0.1, 0.15) is 24.1 Å². The SMILES string of the molecule is CC([15NH]C(=O)C[15N]1C(C)CCCC1C)C(=O)[15NH]C(C)C(=O)ON1C(=O)CCC1=O.[2H]C(C)(NC(=O)C[15N]1C(C)CCCC1C)C(=O)[15NH]C(C)C(=O)ON1C(=O)CCC1=O.[2H]C([2H])(C(=O)[15NH]C(C)C(=O)CC(C)C(=O)ON1C(=O)CCC1=O)N1C(C)CCCC1C.[2H]C([2H])C(CC(=O)C(C)NC(=O)CN1C(C)CCCC1C)C(=O)ON1C(=O)CCC1=O.[HH]. The summed E-state index contributed by atoms with van der Waals surface area (Å²) in [4.78, 5) is 267. The zero-order valence-corrected chi connectivity index (χ0v) is 69.3. The van der Waals surface area contributed by atoms with E-state index in [0.717, 1.165) is 77.0 Å². The van der Waals surface area contributed by atoms with Crippen molar-refractivity contribution in [2.24, 2.45) is 11.8 Å². The maximum absolute atomic E-state index is 12.6. The highest BCUT2D eigenvalue weighted by Crippen LogP contribution is 2.27. The number of hydrogen-bond donors (Lipinski definition) is 6. The summed E-state index contributed by atoms with van der Waals surface area (Å²) in [5.74, 6) is -16.0. The van der Waals surface area contributed by atoms with Crippen molar-refractivity contribution in [2.45, 2.75) is 337 Å². The molecule has 0 saturated carbocycles. The first kappa shape index (κ1) is 88.8. The molecule has 0 spiro atoms. The lowest BCUT2D eigenvalue weighted by molar-refractivity contribution is -0.200. The Balaban J connectivity index is 0.000000341. The van der Waals surface area contributed by atoms with E-state index in [1.54, 1.807) is 0 Å². The average Bonchev–Trinajstić information content (AvgIpc) is 0.968. The van der Waals surface area contributed by atoms with Crippen LogP contribution < -0.4 is 31.9 Å². The maximum atomic E-state index is 12.6. The second-order valence-electron chi connectivity index (χ2n) is 31.2. The van der Waals surface area contributed by atoms with Gasteiger partial charge < -0.3 is 51.3 Å². The van der Waals surface area contributed by atoms with E-state index in [9.17, 15) is 95.9 Å². The first-order chi connectivity index (χ1) is 56.4. The van der Waals surface area contributed by atoms with Crippen LogP contribution in [0.5, 0.6) is 0 Å². The van der Waals surface area contributed by atoms with Crippen molar-refractivity contribution < 1.29 is 124 Å². The standard InChI is InChI=1S/2C20H31N3O6.2C19H30N4O6.H2/c2*1-12(20(28)29-23-18(26)8-9-19(23)27)10-16(24)15(4)21-17(25)11-22-13(2)6-5-7-14(22)3;2*1-11-6-5-7-12(2)22(11)10-15(24)20-13(3)18(27)21-14(4)19(28)29-23-16(25)8-9-17(23)26;/h2*12-15H,5-11H2,1-4H3,(H,21,25);2*11-14H,5-10H2,1-4H3,(H,20,24)(H,21,27);1H/i11D2,21+1;1D2;20+1,21+1,22+1;13D,21+1,22+1;. The number of nitrogens with zero attached hydrogens (tertiary/aromatic N) is 8. The molecule has 8 fully saturated rings. The number of ketones is 2. The Morgan fingerprint density at radius 3 is 0.905 bits per heavy atom. The van der Waals surface area contributed by atoms with Crippen LogP contribution in [0.2, 0.25) is 0 Å². The molecule has 0 aromatic rings. The van der Waals surface area contributed by atoms with Gasteiger partial charge in [0.05, 0.1) is 54.2 Å². The van der Waals surface area contributed by atoms with Crippen LogP contribution in [-0.2, 0) is 115 Å². The highest BCUT2D eigenvalue weighted by Gasteiger charge is 2.41.